The number of hydrogen-bond acceptors (Lipinski definition) is 7. The molecule has 2 heterocycles. The van der Waals surface area contributed by atoms with E-state index in [9.17, 15) is 9.59 Å². The van der Waals surface area contributed by atoms with Crippen LogP contribution in [0, 0.1) is 6.92 Å². The summed E-state index contributed by atoms with van der Waals surface area (Å²) in [6.45, 7) is 4.07. The fourth-order valence-electron chi connectivity index (χ4n) is 1.86. The first-order valence-corrected chi connectivity index (χ1v) is 7.12. The first kappa shape index (κ1) is 16.6. The fraction of sp³-hybridized carbons (Fsp3) is 0.400. The molecule has 23 heavy (non-hydrogen) atoms. The van der Waals surface area contributed by atoms with Crippen LogP contribution in [0.25, 0.3) is 11.5 Å². The van der Waals surface area contributed by atoms with Crippen molar-refractivity contribution in [2.24, 2.45) is 0 Å². The average Bonchev–Trinajstić information content (AvgIpc) is 2.95. The molecule has 0 atom stereocenters. The molecule has 0 aliphatic carbocycles. The topological polar surface area (TPSA) is 95.4 Å². The van der Waals surface area contributed by atoms with Crippen LogP contribution in [0.4, 0.5) is 0 Å². The largest absolute Gasteiger partial charge is 0.469 e. The van der Waals surface area contributed by atoms with Gasteiger partial charge in [-0.15, -0.1) is 0 Å². The van der Waals surface area contributed by atoms with E-state index in [1.165, 1.54) is 7.11 Å². The molecule has 0 aliphatic heterocycles. The molecule has 2 rings (SSSR count). The van der Waals surface area contributed by atoms with Gasteiger partial charge >= 0.3 is 11.9 Å². The summed E-state index contributed by atoms with van der Waals surface area (Å²) in [7, 11) is 1.34. The number of ether oxygens (including phenoxy) is 2. The van der Waals surface area contributed by atoms with Crippen molar-refractivity contribution < 1.29 is 28.2 Å². The Morgan fingerprint density at radius 3 is 2.78 bits per heavy atom. The molecule has 0 spiro atoms. The number of aryl methyl sites for hydroxylation is 2. The molecule has 0 N–H and O–H groups in total. The molecular weight excluding hydrogens is 302 g/mol. The molecule has 8 nitrogen and oxygen atoms in total. The van der Waals surface area contributed by atoms with E-state index in [1.807, 2.05) is 0 Å². The van der Waals surface area contributed by atoms with Crippen LogP contribution in [0.5, 0.6) is 0 Å². The molecule has 0 aromatic carbocycles. The second-order valence-corrected chi connectivity index (χ2v) is 4.66. The van der Waals surface area contributed by atoms with Gasteiger partial charge in [-0.2, -0.15) is 0 Å². The zero-order valence-corrected chi connectivity index (χ0v) is 13.2. The van der Waals surface area contributed by atoms with E-state index in [1.54, 1.807) is 37.0 Å². The van der Waals surface area contributed by atoms with Crippen LogP contribution < -0.4 is 4.68 Å². The van der Waals surface area contributed by atoms with E-state index >= 15 is 0 Å². The smallest absolute Gasteiger partial charge is 0.376 e. The highest BCUT2D eigenvalue weighted by Gasteiger charge is 2.20. The molecule has 2 aromatic rings. The Morgan fingerprint density at radius 2 is 2.17 bits per heavy atom. The first-order valence-electron chi connectivity index (χ1n) is 7.12. The molecule has 0 amide bonds. The van der Waals surface area contributed by atoms with E-state index in [0.29, 0.717) is 17.8 Å². The Morgan fingerprint density at radius 1 is 1.39 bits per heavy atom. The molecular formula is C15H18N3O5+. The lowest BCUT2D eigenvalue weighted by molar-refractivity contribution is -0.752. The number of rotatable bonds is 6. The standard InChI is InChI=1S/C15H18N3O5/c1-4-22-15(20)13-10(2)17-14(23-13)11-5-7-18(16-9-11)8-6-12(19)21-3/h5,7,9H,4,6,8H2,1-3H3/q+1. The summed E-state index contributed by atoms with van der Waals surface area (Å²) in [6.07, 6.45) is 3.48. The summed E-state index contributed by atoms with van der Waals surface area (Å²) in [5.74, 6) is -0.464. The Balaban J connectivity index is 2.12. The van der Waals surface area contributed by atoms with Gasteiger partial charge < -0.3 is 13.9 Å². The number of carbonyl (C=O) groups is 2. The minimum absolute atomic E-state index is 0.0873. The lowest BCUT2D eigenvalue weighted by atomic mass is 10.3. The Bertz CT molecular complexity index is 694. The van der Waals surface area contributed by atoms with Gasteiger partial charge in [0.15, 0.2) is 12.7 Å². The van der Waals surface area contributed by atoms with Gasteiger partial charge in [0.25, 0.3) is 0 Å². The Hall–Kier alpha value is -2.77. The highest BCUT2D eigenvalue weighted by atomic mass is 16.5. The minimum atomic E-state index is -0.541. The Labute approximate surface area is 133 Å². The number of esters is 2. The molecule has 0 saturated heterocycles. The number of methoxy groups -OCH3 is 1. The van der Waals surface area contributed by atoms with Crippen molar-refractivity contribution in [3.05, 3.63) is 29.9 Å². The third kappa shape index (κ3) is 4.12. The van der Waals surface area contributed by atoms with Gasteiger partial charge in [-0.25, -0.2) is 9.78 Å². The van der Waals surface area contributed by atoms with Gasteiger partial charge in [-0.05, 0) is 18.9 Å². The van der Waals surface area contributed by atoms with Crippen LogP contribution in [0.2, 0.25) is 0 Å². The second kappa shape index (κ2) is 7.48. The lowest BCUT2D eigenvalue weighted by Crippen LogP contribution is -2.38. The zero-order chi connectivity index (χ0) is 16.8. The third-order valence-electron chi connectivity index (χ3n) is 3.05. The molecule has 0 fully saturated rings. The van der Waals surface area contributed by atoms with Crippen LogP contribution >= 0.6 is 0 Å². The van der Waals surface area contributed by atoms with Gasteiger partial charge in [-0.1, -0.05) is 4.68 Å². The van der Waals surface area contributed by atoms with Gasteiger partial charge in [0, 0.05) is 6.07 Å². The Kier molecular flexibility index (Phi) is 5.40. The average molecular weight is 320 g/mol. The molecule has 122 valence electrons. The monoisotopic (exact) mass is 320 g/mol. The molecule has 0 saturated carbocycles. The first-order chi connectivity index (χ1) is 11.0. The quantitative estimate of drug-likeness (QED) is 0.580. The number of aromatic nitrogens is 3. The number of hydrogen-bond donors (Lipinski definition) is 0. The SMILES string of the molecule is CCOC(=O)c1oc(-c2cc[n+](CCC(=O)OC)nc2)nc1C. The summed E-state index contributed by atoms with van der Waals surface area (Å²) in [5.41, 5.74) is 1.08. The van der Waals surface area contributed by atoms with Gasteiger partial charge in [0.05, 0.1) is 25.0 Å². The van der Waals surface area contributed by atoms with Crippen LogP contribution in [-0.4, -0.2) is 35.7 Å². The van der Waals surface area contributed by atoms with Gasteiger partial charge in [0.2, 0.25) is 11.7 Å². The van der Waals surface area contributed by atoms with E-state index in [4.69, 9.17) is 9.15 Å². The van der Waals surface area contributed by atoms with Crippen molar-refractivity contribution in [1.29, 1.82) is 0 Å². The third-order valence-corrected chi connectivity index (χ3v) is 3.05. The van der Waals surface area contributed by atoms with E-state index in [2.05, 4.69) is 14.8 Å². The zero-order valence-electron chi connectivity index (χ0n) is 13.2. The number of carbonyl (C=O) groups excluding carboxylic acids is 2. The van der Waals surface area contributed by atoms with Crippen LogP contribution in [0.15, 0.2) is 22.9 Å². The van der Waals surface area contributed by atoms with Crippen LogP contribution in [0.1, 0.15) is 29.6 Å². The molecule has 8 heteroatoms. The van der Waals surface area contributed by atoms with Crippen LogP contribution in [0.3, 0.4) is 0 Å². The van der Waals surface area contributed by atoms with Crippen molar-refractivity contribution in [2.45, 2.75) is 26.8 Å². The van der Waals surface area contributed by atoms with E-state index in [0.717, 1.165) is 0 Å². The summed E-state index contributed by atoms with van der Waals surface area (Å²) < 4.78 is 16.5. The van der Waals surface area contributed by atoms with Crippen molar-refractivity contribution in [2.75, 3.05) is 13.7 Å². The molecule has 2 aromatic heterocycles. The fourth-order valence-corrected chi connectivity index (χ4v) is 1.86. The predicted molar refractivity (Wildman–Crippen MR) is 77.3 cm³/mol. The maximum Gasteiger partial charge on any atom is 0.376 e. The molecule has 0 bridgehead atoms. The van der Waals surface area contributed by atoms with Crippen LogP contribution in [-0.2, 0) is 20.8 Å². The van der Waals surface area contributed by atoms with E-state index in [-0.39, 0.29) is 30.6 Å². The highest BCUT2D eigenvalue weighted by molar-refractivity contribution is 5.87. The predicted octanol–water partition coefficient (Wildman–Crippen LogP) is 1.07. The molecule has 0 unspecified atom stereocenters. The second-order valence-electron chi connectivity index (χ2n) is 4.66. The minimum Gasteiger partial charge on any atom is -0.469 e. The molecule has 0 aliphatic rings. The highest BCUT2D eigenvalue weighted by Crippen LogP contribution is 2.20. The van der Waals surface area contributed by atoms with Gasteiger partial charge in [0.1, 0.15) is 12.6 Å². The van der Waals surface area contributed by atoms with Crippen molar-refractivity contribution in [1.82, 2.24) is 10.1 Å². The maximum absolute atomic E-state index is 11.7. The normalized spacial score (nSPS) is 10.4. The number of oxazole rings is 1. The molecule has 0 radical (unpaired) electrons. The van der Waals surface area contributed by atoms with Crippen molar-refractivity contribution in [3.8, 4) is 11.5 Å². The lowest BCUT2D eigenvalue weighted by Gasteiger charge is -1.97. The summed E-state index contributed by atoms with van der Waals surface area (Å²) in [5, 5.41) is 4.17. The van der Waals surface area contributed by atoms with E-state index < -0.39 is 5.97 Å². The van der Waals surface area contributed by atoms with Crippen molar-refractivity contribution >= 4 is 11.9 Å². The number of nitrogens with zero attached hydrogens (tertiary/aromatic N) is 3. The van der Waals surface area contributed by atoms with Gasteiger partial charge in [-0.3, -0.25) is 4.79 Å². The summed E-state index contributed by atoms with van der Waals surface area (Å²) in [4.78, 5) is 27.0. The van der Waals surface area contributed by atoms with Crippen molar-refractivity contribution in [3.63, 3.8) is 0 Å². The summed E-state index contributed by atoms with van der Waals surface area (Å²) >= 11 is 0. The summed E-state index contributed by atoms with van der Waals surface area (Å²) in [6, 6.07) is 1.74. The maximum atomic E-state index is 11.7.